The Kier molecular flexibility index (Phi) is 14.1. The predicted octanol–water partition coefficient (Wildman–Crippen LogP) is 10.1. The van der Waals surface area contributed by atoms with E-state index in [0.29, 0.717) is 5.02 Å². The summed E-state index contributed by atoms with van der Waals surface area (Å²) in [5, 5.41) is 0.612. The fourth-order valence-corrected chi connectivity index (χ4v) is 8.72. The van der Waals surface area contributed by atoms with Crippen LogP contribution in [0.5, 0.6) is 11.5 Å². The fourth-order valence-electron chi connectivity index (χ4n) is 6.74. The number of nitrogens with zero attached hydrogens (tertiary/aromatic N) is 2. The van der Waals surface area contributed by atoms with Crippen molar-refractivity contribution in [2.24, 2.45) is 0 Å². The molecule has 0 N–H and O–H groups in total. The van der Waals surface area contributed by atoms with Gasteiger partial charge in [-0.05, 0) is 137 Å². The van der Waals surface area contributed by atoms with Gasteiger partial charge in [0.1, 0.15) is 11.5 Å². The third kappa shape index (κ3) is 11.5. The molecule has 64 heavy (non-hydrogen) atoms. The first-order chi connectivity index (χ1) is 29.7. The topological polar surface area (TPSA) is 127 Å². The highest BCUT2D eigenvalue weighted by Crippen LogP contribution is 2.35. The maximum atomic E-state index is 13.4. The van der Waals surface area contributed by atoms with Gasteiger partial charge in [-0.15, -0.1) is 0 Å². The highest BCUT2D eigenvalue weighted by molar-refractivity contribution is 14.1. The first-order valence-corrected chi connectivity index (χ1v) is 24.3. The first-order valence-electron chi connectivity index (χ1n) is 19.1. The van der Waals surface area contributed by atoms with E-state index < -0.39 is 56.0 Å². The van der Waals surface area contributed by atoms with Crippen molar-refractivity contribution in [3.63, 3.8) is 0 Å². The minimum Gasteiger partial charge on any atom is -0.480 e. The van der Waals surface area contributed by atoms with Gasteiger partial charge in [0.15, 0.2) is 31.9 Å². The maximum absolute atomic E-state index is 13.4. The summed E-state index contributed by atoms with van der Waals surface area (Å²) >= 11 is 8.11. The van der Waals surface area contributed by atoms with Crippen molar-refractivity contribution in [3.8, 4) is 22.6 Å². The summed E-state index contributed by atoms with van der Waals surface area (Å²) in [6.07, 6.45) is -11.7. The lowest BCUT2D eigenvalue weighted by atomic mass is 10.0. The Morgan fingerprint density at radius 1 is 0.578 bits per heavy atom. The number of benzene rings is 5. The Morgan fingerprint density at radius 3 is 1.39 bits per heavy atom. The van der Waals surface area contributed by atoms with Crippen LogP contribution in [0.25, 0.3) is 11.1 Å². The van der Waals surface area contributed by atoms with Crippen LogP contribution in [0.3, 0.4) is 0 Å². The lowest BCUT2D eigenvalue weighted by molar-refractivity contribution is -0.189. The lowest BCUT2D eigenvalue weighted by Crippen LogP contribution is -2.32. The van der Waals surface area contributed by atoms with Crippen molar-refractivity contribution in [1.82, 2.24) is 9.80 Å². The van der Waals surface area contributed by atoms with Gasteiger partial charge in [0.05, 0.1) is 20.9 Å². The molecule has 0 saturated heterocycles. The molecule has 2 atom stereocenters. The minimum absolute atomic E-state index is 0.167. The molecule has 2 amide bonds. The summed E-state index contributed by atoms with van der Waals surface area (Å²) in [7, 11) is -7.37. The average Bonchev–Trinajstić information content (AvgIpc) is 3.84. The highest BCUT2D eigenvalue weighted by Gasteiger charge is 2.40. The van der Waals surface area contributed by atoms with Crippen LogP contribution >= 0.6 is 34.2 Å². The van der Waals surface area contributed by atoms with Crippen molar-refractivity contribution in [3.05, 3.63) is 139 Å². The summed E-state index contributed by atoms with van der Waals surface area (Å²) in [4.78, 5) is 29.0. The van der Waals surface area contributed by atoms with E-state index in [9.17, 15) is 52.8 Å². The molecule has 0 bridgehead atoms. The van der Waals surface area contributed by atoms with Crippen LogP contribution in [0.1, 0.15) is 56.8 Å². The zero-order chi connectivity index (χ0) is 47.1. The van der Waals surface area contributed by atoms with Gasteiger partial charge in [0.25, 0.3) is 11.8 Å². The summed E-state index contributed by atoms with van der Waals surface area (Å²) < 4.78 is 137. The SMILES string of the molecule is CC(Oc1ccc(S(C)(=O)=O)cc1C(=O)N1Cc2ccc(-c3ccc(Cl)cc3)cc2C1)C(F)(F)F.C[C@H](Oc1ccc(S(C)(=O)=O)cc1C(=O)N1Cc2ccc(I)cc2C1)C(F)(F)F. The zero-order valence-electron chi connectivity index (χ0n) is 34.2. The first kappa shape index (κ1) is 48.6. The summed E-state index contributed by atoms with van der Waals surface area (Å²) in [6, 6.07) is 25.4. The normalized spacial score (nSPS) is 14.8. The molecular weight excluding hydrogens is 1020 g/mol. The van der Waals surface area contributed by atoms with E-state index >= 15 is 0 Å². The molecular formula is C44H38ClF6IN2O8S2. The van der Waals surface area contributed by atoms with Crippen molar-refractivity contribution < 1.29 is 62.2 Å². The summed E-state index contributed by atoms with van der Waals surface area (Å²) in [5.74, 6) is -1.85. The molecule has 0 radical (unpaired) electrons. The van der Waals surface area contributed by atoms with E-state index in [0.717, 1.165) is 99.7 Å². The second-order valence-corrected chi connectivity index (χ2v) is 20.9. The maximum Gasteiger partial charge on any atom is 0.425 e. The molecule has 0 aromatic heterocycles. The van der Waals surface area contributed by atoms with Crippen molar-refractivity contribution in [2.75, 3.05) is 12.5 Å². The van der Waals surface area contributed by atoms with Gasteiger partial charge in [-0.3, -0.25) is 9.59 Å². The minimum atomic E-state index is -4.65. The van der Waals surface area contributed by atoms with Gasteiger partial charge in [-0.1, -0.05) is 41.9 Å². The lowest BCUT2D eigenvalue weighted by Gasteiger charge is -2.22. The van der Waals surface area contributed by atoms with E-state index in [1.54, 1.807) is 12.1 Å². The molecule has 340 valence electrons. The number of fused-ring (bicyclic) bond motifs is 2. The van der Waals surface area contributed by atoms with Crippen molar-refractivity contribution in [1.29, 1.82) is 0 Å². The third-order valence-corrected chi connectivity index (χ3v) is 13.5. The number of hydrogen-bond acceptors (Lipinski definition) is 8. The molecule has 2 aliphatic heterocycles. The van der Waals surface area contributed by atoms with Crippen LogP contribution in [-0.4, -0.2) is 75.5 Å². The predicted molar refractivity (Wildman–Crippen MR) is 235 cm³/mol. The second-order valence-electron chi connectivity index (χ2n) is 15.2. The smallest absolute Gasteiger partial charge is 0.425 e. The Balaban J connectivity index is 0.000000216. The number of sulfone groups is 2. The van der Waals surface area contributed by atoms with Gasteiger partial charge in [-0.25, -0.2) is 16.8 Å². The van der Waals surface area contributed by atoms with Gasteiger partial charge in [-0.2, -0.15) is 26.3 Å². The third-order valence-electron chi connectivity index (χ3n) is 10.3. The van der Waals surface area contributed by atoms with Crippen LogP contribution in [0.15, 0.2) is 107 Å². The Hall–Kier alpha value is -4.86. The number of carbonyl (C=O) groups excluding carboxylic acids is 2. The van der Waals surface area contributed by atoms with Crippen LogP contribution in [0.4, 0.5) is 26.3 Å². The standard InChI is InChI=1S/C25H21ClF3NO4S.C19H17F3INO4S/c1-15(25(27,28)29)34-23-10-9-21(35(2,32)33)12-22(23)24(31)30-13-18-4-3-17(11-19(18)14-30)16-5-7-20(26)8-6-16;1-11(19(20,21)22)28-17-6-5-15(29(2,26)27)8-16(17)18(25)24-9-12-3-4-14(23)7-13(12)10-24/h3-12,15H,13-14H2,1-2H3;3-8,11H,9-10H2,1-2H3/t;11-/m.0/s1. The monoisotopic (exact) mass is 1060 g/mol. The largest absolute Gasteiger partial charge is 0.480 e. The molecule has 5 aromatic carbocycles. The fraction of sp³-hybridized carbons (Fsp3) is 0.273. The second kappa shape index (κ2) is 18.6. The van der Waals surface area contributed by atoms with Gasteiger partial charge in [0, 0.05) is 47.3 Å². The molecule has 2 aliphatic rings. The number of alkyl halides is 6. The zero-order valence-corrected chi connectivity index (χ0v) is 38.8. The number of carbonyl (C=O) groups is 2. The molecule has 0 saturated carbocycles. The Morgan fingerprint density at radius 2 is 0.969 bits per heavy atom. The highest BCUT2D eigenvalue weighted by atomic mass is 127. The molecule has 1 unspecified atom stereocenters. The van der Waals surface area contributed by atoms with Crippen molar-refractivity contribution in [2.45, 2.75) is 74.4 Å². The van der Waals surface area contributed by atoms with Gasteiger partial charge >= 0.3 is 12.4 Å². The van der Waals surface area contributed by atoms with E-state index in [2.05, 4.69) is 22.6 Å². The van der Waals surface area contributed by atoms with E-state index in [-0.39, 0.29) is 58.6 Å². The molecule has 2 heterocycles. The molecule has 7 rings (SSSR count). The van der Waals surface area contributed by atoms with Gasteiger partial charge < -0.3 is 19.3 Å². The van der Waals surface area contributed by atoms with Crippen LogP contribution in [0, 0.1) is 3.57 Å². The summed E-state index contributed by atoms with van der Waals surface area (Å²) in [5.41, 5.74) is 5.07. The number of rotatable bonds is 9. The average molecular weight is 1060 g/mol. The van der Waals surface area contributed by atoms with E-state index in [1.165, 1.54) is 9.80 Å². The molecule has 0 aliphatic carbocycles. The molecule has 10 nitrogen and oxygen atoms in total. The molecule has 5 aromatic rings. The number of halogens is 8. The molecule has 0 spiro atoms. The number of ether oxygens (including phenoxy) is 2. The number of amides is 2. The van der Waals surface area contributed by atoms with E-state index in [1.807, 2.05) is 48.5 Å². The van der Waals surface area contributed by atoms with E-state index in [4.69, 9.17) is 21.1 Å². The molecule has 0 fully saturated rings. The van der Waals surface area contributed by atoms with Gasteiger partial charge in [0.2, 0.25) is 0 Å². The van der Waals surface area contributed by atoms with Crippen LogP contribution in [0.2, 0.25) is 5.02 Å². The van der Waals surface area contributed by atoms with Crippen LogP contribution < -0.4 is 9.47 Å². The quantitative estimate of drug-likeness (QED) is 0.106. The van der Waals surface area contributed by atoms with Crippen molar-refractivity contribution >= 4 is 65.7 Å². The van der Waals surface area contributed by atoms with Crippen LogP contribution in [-0.2, 0) is 45.9 Å². The summed E-state index contributed by atoms with van der Waals surface area (Å²) in [6.45, 7) is 2.65. The molecule has 20 heteroatoms. The Labute approximate surface area is 384 Å². The number of hydrogen-bond donors (Lipinski definition) is 0. The Bertz CT molecular complexity index is 2840.